The van der Waals surface area contributed by atoms with E-state index in [0.29, 0.717) is 13.0 Å². The molecule has 0 aromatic heterocycles. The molecule has 1 aromatic carbocycles. The number of carbonyl (C=O) groups excluding carboxylic acids is 1. The number of rotatable bonds is 6. The normalized spacial score (nSPS) is 21.7. The Hall–Kier alpha value is -1.55. The highest BCUT2D eigenvalue weighted by atomic mass is 16.5. The Morgan fingerprint density at radius 2 is 2.20 bits per heavy atom. The van der Waals surface area contributed by atoms with Crippen LogP contribution < -0.4 is 10.1 Å². The number of hydrogen-bond acceptors (Lipinski definition) is 3. The van der Waals surface area contributed by atoms with Crippen molar-refractivity contribution in [1.29, 1.82) is 0 Å². The Bertz CT molecular complexity index is 447. The molecule has 4 heteroatoms. The average Bonchev–Trinajstić information content (AvgIpc) is 2.88. The lowest BCUT2D eigenvalue weighted by molar-refractivity contribution is -0.122. The first kappa shape index (κ1) is 14.9. The molecule has 1 aromatic rings. The first-order chi connectivity index (χ1) is 9.70. The molecule has 2 rings (SSSR count). The SMILES string of the molecule is Cc1ccccc1OCCC(=O)NC1CCCC1CO. The third-order valence-electron chi connectivity index (χ3n) is 3.92. The monoisotopic (exact) mass is 277 g/mol. The number of amides is 1. The minimum Gasteiger partial charge on any atom is -0.493 e. The number of aryl methyl sites for hydroxylation is 1. The van der Waals surface area contributed by atoms with Gasteiger partial charge in [-0.05, 0) is 31.4 Å². The maximum atomic E-state index is 11.9. The summed E-state index contributed by atoms with van der Waals surface area (Å²) in [6.45, 7) is 2.53. The van der Waals surface area contributed by atoms with E-state index >= 15 is 0 Å². The van der Waals surface area contributed by atoms with Gasteiger partial charge in [0.2, 0.25) is 5.91 Å². The number of carbonyl (C=O) groups is 1. The van der Waals surface area contributed by atoms with Crippen LogP contribution in [0.3, 0.4) is 0 Å². The zero-order valence-electron chi connectivity index (χ0n) is 12.0. The van der Waals surface area contributed by atoms with E-state index in [4.69, 9.17) is 4.74 Å². The summed E-state index contributed by atoms with van der Waals surface area (Å²) >= 11 is 0. The molecule has 2 atom stereocenters. The average molecular weight is 277 g/mol. The first-order valence-corrected chi connectivity index (χ1v) is 7.29. The Morgan fingerprint density at radius 1 is 1.40 bits per heavy atom. The number of hydrogen-bond donors (Lipinski definition) is 2. The third kappa shape index (κ3) is 3.97. The minimum absolute atomic E-state index is 0.00364. The Labute approximate surface area is 120 Å². The highest BCUT2D eigenvalue weighted by molar-refractivity contribution is 5.76. The number of benzene rings is 1. The van der Waals surface area contributed by atoms with E-state index in [1.54, 1.807) is 0 Å². The molecule has 0 saturated heterocycles. The molecule has 1 saturated carbocycles. The van der Waals surface area contributed by atoms with Crippen LogP contribution in [0.1, 0.15) is 31.2 Å². The Balaban J connectivity index is 1.72. The van der Waals surface area contributed by atoms with Crippen LogP contribution in [-0.2, 0) is 4.79 Å². The van der Waals surface area contributed by atoms with E-state index in [2.05, 4.69) is 5.32 Å². The van der Waals surface area contributed by atoms with Gasteiger partial charge in [0, 0.05) is 18.6 Å². The lowest BCUT2D eigenvalue weighted by Crippen LogP contribution is -2.39. The number of aliphatic hydroxyl groups excluding tert-OH is 1. The number of nitrogens with one attached hydrogen (secondary N) is 1. The van der Waals surface area contributed by atoms with Crippen LogP contribution in [0.15, 0.2) is 24.3 Å². The van der Waals surface area contributed by atoms with E-state index < -0.39 is 0 Å². The van der Waals surface area contributed by atoms with Gasteiger partial charge in [-0.25, -0.2) is 0 Å². The number of para-hydroxylation sites is 1. The molecule has 1 aliphatic carbocycles. The quantitative estimate of drug-likeness (QED) is 0.836. The van der Waals surface area contributed by atoms with Crippen molar-refractivity contribution < 1.29 is 14.6 Å². The predicted molar refractivity (Wildman–Crippen MR) is 77.6 cm³/mol. The summed E-state index contributed by atoms with van der Waals surface area (Å²) in [5, 5.41) is 12.2. The molecule has 0 aliphatic heterocycles. The van der Waals surface area contributed by atoms with Gasteiger partial charge < -0.3 is 15.2 Å². The molecule has 2 unspecified atom stereocenters. The molecule has 0 heterocycles. The van der Waals surface area contributed by atoms with Crippen molar-refractivity contribution in [2.75, 3.05) is 13.2 Å². The van der Waals surface area contributed by atoms with Crippen molar-refractivity contribution in [2.45, 2.75) is 38.6 Å². The molecule has 1 fully saturated rings. The zero-order valence-corrected chi connectivity index (χ0v) is 12.0. The smallest absolute Gasteiger partial charge is 0.223 e. The summed E-state index contributed by atoms with van der Waals surface area (Å²) in [5.41, 5.74) is 1.07. The lowest BCUT2D eigenvalue weighted by atomic mass is 10.1. The standard InChI is InChI=1S/C16H23NO3/c1-12-5-2-3-8-15(12)20-10-9-16(19)17-14-7-4-6-13(14)11-18/h2-3,5,8,13-14,18H,4,6-7,9-11H2,1H3,(H,17,19). The second-order valence-corrected chi connectivity index (χ2v) is 5.41. The summed E-state index contributed by atoms with van der Waals surface area (Å²) in [5.74, 6) is 1.05. The topological polar surface area (TPSA) is 58.6 Å². The van der Waals surface area contributed by atoms with Gasteiger partial charge in [-0.15, -0.1) is 0 Å². The van der Waals surface area contributed by atoms with Gasteiger partial charge >= 0.3 is 0 Å². The van der Waals surface area contributed by atoms with E-state index in [0.717, 1.165) is 30.6 Å². The fourth-order valence-corrected chi connectivity index (χ4v) is 2.70. The van der Waals surface area contributed by atoms with E-state index in [1.807, 2.05) is 31.2 Å². The number of aliphatic hydroxyl groups is 1. The predicted octanol–water partition coefficient (Wildman–Crippen LogP) is 2.04. The summed E-state index contributed by atoms with van der Waals surface area (Å²) in [7, 11) is 0. The van der Waals surface area contributed by atoms with Gasteiger partial charge in [0.05, 0.1) is 13.0 Å². The summed E-state index contributed by atoms with van der Waals surface area (Å²) in [6.07, 6.45) is 3.40. The molecule has 0 spiro atoms. The molecule has 1 aliphatic rings. The molecule has 2 N–H and O–H groups in total. The fraction of sp³-hybridized carbons (Fsp3) is 0.562. The van der Waals surface area contributed by atoms with Crippen molar-refractivity contribution in [3.05, 3.63) is 29.8 Å². The van der Waals surface area contributed by atoms with Gasteiger partial charge in [-0.2, -0.15) is 0 Å². The molecule has 0 radical (unpaired) electrons. The fourth-order valence-electron chi connectivity index (χ4n) is 2.70. The van der Waals surface area contributed by atoms with E-state index in [-0.39, 0.29) is 24.5 Å². The van der Waals surface area contributed by atoms with Crippen molar-refractivity contribution in [3.8, 4) is 5.75 Å². The Kier molecular flexibility index (Phi) is 5.41. The molecule has 110 valence electrons. The van der Waals surface area contributed by atoms with Crippen molar-refractivity contribution >= 4 is 5.91 Å². The van der Waals surface area contributed by atoms with Crippen LogP contribution in [0, 0.1) is 12.8 Å². The van der Waals surface area contributed by atoms with Crippen LogP contribution in [0.4, 0.5) is 0 Å². The summed E-state index contributed by atoms with van der Waals surface area (Å²) in [4.78, 5) is 11.9. The highest BCUT2D eigenvalue weighted by Gasteiger charge is 2.27. The maximum absolute atomic E-state index is 11.9. The van der Waals surface area contributed by atoms with Gasteiger partial charge in [-0.1, -0.05) is 24.6 Å². The van der Waals surface area contributed by atoms with Crippen LogP contribution in [0.2, 0.25) is 0 Å². The first-order valence-electron chi connectivity index (χ1n) is 7.29. The van der Waals surface area contributed by atoms with Gasteiger partial charge in [-0.3, -0.25) is 4.79 Å². The molecular formula is C16H23NO3. The van der Waals surface area contributed by atoms with Crippen molar-refractivity contribution in [2.24, 2.45) is 5.92 Å². The lowest BCUT2D eigenvalue weighted by Gasteiger charge is -2.19. The highest BCUT2D eigenvalue weighted by Crippen LogP contribution is 2.25. The Morgan fingerprint density at radius 3 is 2.95 bits per heavy atom. The third-order valence-corrected chi connectivity index (χ3v) is 3.92. The summed E-state index contributed by atoms with van der Waals surface area (Å²) < 4.78 is 5.61. The van der Waals surface area contributed by atoms with Crippen LogP contribution in [0.5, 0.6) is 5.75 Å². The second-order valence-electron chi connectivity index (χ2n) is 5.41. The van der Waals surface area contributed by atoms with Gasteiger partial charge in [0.15, 0.2) is 0 Å². The zero-order chi connectivity index (χ0) is 14.4. The largest absolute Gasteiger partial charge is 0.493 e. The van der Waals surface area contributed by atoms with Gasteiger partial charge in [0.25, 0.3) is 0 Å². The summed E-state index contributed by atoms with van der Waals surface area (Å²) in [6, 6.07) is 7.91. The number of ether oxygens (including phenoxy) is 1. The molecule has 4 nitrogen and oxygen atoms in total. The molecule has 0 bridgehead atoms. The van der Waals surface area contributed by atoms with E-state index in [1.165, 1.54) is 0 Å². The van der Waals surface area contributed by atoms with Crippen molar-refractivity contribution in [3.63, 3.8) is 0 Å². The minimum atomic E-state index is 0.00364. The second kappa shape index (κ2) is 7.29. The van der Waals surface area contributed by atoms with Crippen LogP contribution in [-0.4, -0.2) is 30.3 Å². The van der Waals surface area contributed by atoms with Crippen molar-refractivity contribution in [1.82, 2.24) is 5.32 Å². The molecular weight excluding hydrogens is 254 g/mol. The van der Waals surface area contributed by atoms with Crippen LogP contribution >= 0.6 is 0 Å². The van der Waals surface area contributed by atoms with Crippen LogP contribution in [0.25, 0.3) is 0 Å². The van der Waals surface area contributed by atoms with E-state index in [9.17, 15) is 9.90 Å². The molecule has 1 amide bonds. The van der Waals surface area contributed by atoms with Gasteiger partial charge in [0.1, 0.15) is 5.75 Å². The maximum Gasteiger partial charge on any atom is 0.223 e. The molecule has 20 heavy (non-hydrogen) atoms.